The van der Waals surface area contributed by atoms with Crippen molar-refractivity contribution in [2.75, 3.05) is 25.0 Å². The van der Waals surface area contributed by atoms with E-state index in [0.717, 1.165) is 20.7 Å². The summed E-state index contributed by atoms with van der Waals surface area (Å²) < 4.78 is 32.8. The molecule has 1 aromatic heterocycles. The minimum Gasteiger partial charge on any atom is -0.383 e. The second kappa shape index (κ2) is 8.61. The van der Waals surface area contributed by atoms with Gasteiger partial charge < -0.3 is 10.1 Å². The fraction of sp³-hybridized carbons (Fsp3) is 0.267. The highest BCUT2D eigenvalue weighted by molar-refractivity contribution is 9.11. The van der Waals surface area contributed by atoms with Crippen LogP contribution in [0.25, 0.3) is 0 Å². The lowest BCUT2D eigenvalue weighted by atomic mass is 10.1. The quantitative estimate of drug-likeness (QED) is 0.627. The molecule has 0 unspecified atom stereocenters. The van der Waals surface area contributed by atoms with Crippen molar-refractivity contribution >= 4 is 48.9 Å². The maximum Gasteiger partial charge on any atom is 0.271 e. The molecule has 0 aliphatic heterocycles. The number of carbonyl (C=O) groups is 1. The van der Waals surface area contributed by atoms with Gasteiger partial charge >= 0.3 is 0 Å². The van der Waals surface area contributed by atoms with Crippen LogP contribution < -0.4 is 10.0 Å². The first-order valence-electron chi connectivity index (χ1n) is 7.03. The van der Waals surface area contributed by atoms with E-state index in [1.54, 1.807) is 37.4 Å². The van der Waals surface area contributed by atoms with Gasteiger partial charge in [0.25, 0.3) is 10.0 Å². The van der Waals surface area contributed by atoms with Gasteiger partial charge in [-0.2, -0.15) is 0 Å². The van der Waals surface area contributed by atoms with Crippen molar-refractivity contribution in [1.29, 1.82) is 0 Å². The number of sulfonamides is 1. The van der Waals surface area contributed by atoms with E-state index in [9.17, 15) is 13.2 Å². The number of hydrogen-bond donors (Lipinski definition) is 2. The number of nitrogens with one attached hydrogen (secondary N) is 2. The number of halogens is 1. The maximum atomic E-state index is 12.2. The number of ether oxygens (including phenoxy) is 1. The van der Waals surface area contributed by atoms with E-state index in [-0.39, 0.29) is 16.5 Å². The van der Waals surface area contributed by atoms with E-state index >= 15 is 0 Å². The fourth-order valence-corrected chi connectivity index (χ4v) is 4.95. The molecule has 0 fully saturated rings. The lowest BCUT2D eigenvalue weighted by Crippen LogP contribution is -2.28. The van der Waals surface area contributed by atoms with Crippen molar-refractivity contribution in [2.45, 2.75) is 10.6 Å². The van der Waals surface area contributed by atoms with Crippen LogP contribution in [0.1, 0.15) is 5.56 Å². The summed E-state index contributed by atoms with van der Waals surface area (Å²) in [4.78, 5) is 11.7. The van der Waals surface area contributed by atoms with Gasteiger partial charge in [-0.05, 0) is 45.8 Å². The van der Waals surface area contributed by atoms with Gasteiger partial charge in [0.2, 0.25) is 5.91 Å². The van der Waals surface area contributed by atoms with Crippen LogP contribution in [0.2, 0.25) is 0 Å². The Morgan fingerprint density at radius 3 is 2.50 bits per heavy atom. The zero-order valence-electron chi connectivity index (χ0n) is 12.9. The number of benzene rings is 1. The number of hydrogen-bond acceptors (Lipinski definition) is 5. The average molecular weight is 433 g/mol. The van der Waals surface area contributed by atoms with Crippen LogP contribution in [0.4, 0.5) is 5.69 Å². The minimum atomic E-state index is -3.60. The Bertz CT molecular complexity index is 788. The van der Waals surface area contributed by atoms with Gasteiger partial charge in [-0.25, -0.2) is 8.42 Å². The second-order valence-corrected chi connectivity index (χ2v) is 9.25. The van der Waals surface area contributed by atoms with E-state index in [0.29, 0.717) is 18.8 Å². The zero-order chi connectivity index (χ0) is 17.6. The van der Waals surface area contributed by atoms with Crippen molar-refractivity contribution in [3.05, 3.63) is 45.7 Å². The van der Waals surface area contributed by atoms with Crippen molar-refractivity contribution < 1.29 is 17.9 Å². The fourth-order valence-electron chi connectivity index (χ4n) is 1.88. The maximum absolute atomic E-state index is 12.2. The number of thiophene rings is 1. The summed E-state index contributed by atoms with van der Waals surface area (Å²) in [5.41, 5.74) is 1.25. The molecule has 0 saturated carbocycles. The minimum absolute atomic E-state index is 0.108. The van der Waals surface area contributed by atoms with Crippen LogP contribution in [0, 0.1) is 0 Å². The molecule has 2 N–H and O–H groups in total. The van der Waals surface area contributed by atoms with E-state index < -0.39 is 10.0 Å². The normalized spacial score (nSPS) is 11.2. The number of amides is 1. The Kier molecular flexibility index (Phi) is 6.79. The molecule has 2 rings (SSSR count). The van der Waals surface area contributed by atoms with E-state index in [1.807, 2.05) is 0 Å². The van der Waals surface area contributed by atoms with Gasteiger partial charge in [0.15, 0.2) is 0 Å². The van der Waals surface area contributed by atoms with Crippen LogP contribution in [0.3, 0.4) is 0 Å². The van der Waals surface area contributed by atoms with E-state index in [2.05, 4.69) is 26.0 Å². The summed E-state index contributed by atoms with van der Waals surface area (Å²) >= 11 is 4.38. The Labute approximate surface area is 153 Å². The van der Waals surface area contributed by atoms with Gasteiger partial charge in [-0.15, -0.1) is 11.3 Å². The predicted molar refractivity (Wildman–Crippen MR) is 97.9 cm³/mol. The molecular weight excluding hydrogens is 416 g/mol. The summed E-state index contributed by atoms with van der Waals surface area (Å²) in [7, 11) is -2.03. The zero-order valence-corrected chi connectivity index (χ0v) is 16.1. The van der Waals surface area contributed by atoms with E-state index in [1.165, 1.54) is 6.07 Å². The molecule has 1 heterocycles. The summed E-state index contributed by atoms with van der Waals surface area (Å²) in [5, 5.41) is 2.73. The molecule has 9 heteroatoms. The first-order chi connectivity index (χ1) is 11.4. The predicted octanol–water partition coefficient (Wildman–Crippen LogP) is 2.62. The van der Waals surface area contributed by atoms with Crippen LogP contribution >= 0.6 is 27.3 Å². The molecule has 2 aromatic rings. The Hall–Kier alpha value is -1.42. The Balaban J connectivity index is 1.96. The van der Waals surface area contributed by atoms with Crippen molar-refractivity contribution in [1.82, 2.24) is 5.32 Å². The molecule has 24 heavy (non-hydrogen) atoms. The molecule has 0 radical (unpaired) electrons. The summed E-state index contributed by atoms with van der Waals surface area (Å²) in [6, 6.07) is 9.94. The van der Waals surface area contributed by atoms with Crippen molar-refractivity contribution in [2.24, 2.45) is 0 Å². The van der Waals surface area contributed by atoms with Gasteiger partial charge in [0, 0.05) is 19.3 Å². The van der Waals surface area contributed by atoms with Crippen LogP contribution in [0.5, 0.6) is 0 Å². The molecule has 0 spiro atoms. The third kappa shape index (κ3) is 5.59. The largest absolute Gasteiger partial charge is 0.383 e. The van der Waals surface area contributed by atoms with Gasteiger partial charge in [0.1, 0.15) is 4.21 Å². The number of methoxy groups -OCH3 is 1. The Morgan fingerprint density at radius 2 is 1.92 bits per heavy atom. The monoisotopic (exact) mass is 432 g/mol. The van der Waals surface area contributed by atoms with Crippen LogP contribution in [-0.2, 0) is 26.0 Å². The average Bonchev–Trinajstić information content (AvgIpc) is 2.97. The molecule has 0 aliphatic rings. The molecule has 1 aromatic carbocycles. The van der Waals surface area contributed by atoms with Gasteiger partial charge in [-0.3, -0.25) is 9.52 Å². The molecule has 130 valence electrons. The first kappa shape index (κ1) is 18.9. The third-order valence-corrected chi connectivity index (χ3v) is 6.51. The Morgan fingerprint density at radius 1 is 1.21 bits per heavy atom. The van der Waals surface area contributed by atoms with Crippen molar-refractivity contribution in [3.63, 3.8) is 0 Å². The molecule has 0 aliphatic carbocycles. The summed E-state index contributed by atoms with van der Waals surface area (Å²) in [5.74, 6) is -0.108. The smallest absolute Gasteiger partial charge is 0.271 e. The molecular formula is C15H17BrN2O4S2. The number of anilines is 1. The highest BCUT2D eigenvalue weighted by atomic mass is 79.9. The second-order valence-electron chi connectivity index (χ2n) is 4.88. The number of carbonyl (C=O) groups excluding carboxylic acids is 1. The molecule has 1 amide bonds. The summed E-state index contributed by atoms with van der Waals surface area (Å²) in [6.07, 6.45) is 0.231. The molecule has 0 saturated heterocycles. The number of rotatable bonds is 8. The van der Waals surface area contributed by atoms with Gasteiger partial charge in [0.05, 0.1) is 16.8 Å². The topological polar surface area (TPSA) is 84.5 Å². The molecule has 0 atom stereocenters. The first-order valence-corrected chi connectivity index (χ1v) is 10.1. The van der Waals surface area contributed by atoms with Crippen LogP contribution in [-0.4, -0.2) is 34.6 Å². The SMILES string of the molecule is COCCNC(=O)Cc1ccc(NS(=O)(=O)c2ccc(Br)s2)cc1. The highest BCUT2D eigenvalue weighted by Gasteiger charge is 2.16. The third-order valence-electron chi connectivity index (χ3n) is 3.01. The standard InChI is InChI=1S/C15H17BrN2O4S2/c1-22-9-8-17-14(19)10-11-2-4-12(5-3-11)18-24(20,21)15-7-6-13(16)23-15/h2-7,18H,8-10H2,1H3,(H,17,19). The summed E-state index contributed by atoms with van der Waals surface area (Å²) in [6.45, 7) is 0.925. The highest BCUT2D eigenvalue weighted by Crippen LogP contribution is 2.27. The molecule has 0 bridgehead atoms. The van der Waals surface area contributed by atoms with E-state index in [4.69, 9.17) is 4.74 Å². The van der Waals surface area contributed by atoms with Crippen molar-refractivity contribution in [3.8, 4) is 0 Å². The lowest BCUT2D eigenvalue weighted by molar-refractivity contribution is -0.120. The van der Waals surface area contributed by atoms with Crippen LogP contribution in [0.15, 0.2) is 44.4 Å². The van der Waals surface area contributed by atoms with Gasteiger partial charge in [-0.1, -0.05) is 12.1 Å². The lowest BCUT2D eigenvalue weighted by Gasteiger charge is -2.08. The molecule has 6 nitrogen and oxygen atoms in total.